The lowest BCUT2D eigenvalue weighted by Crippen LogP contribution is -2.51. The number of nitrogens with one attached hydrogen (secondary N) is 1. The molecule has 0 aliphatic carbocycles. The van der Waals surface area contributed by atoms with Crippen molar-refractivity contribution in [3.63, 3.8) is 0 Å². The maximum atomic E-state index is 12.6. The molecule has 0 unspecified atom stereocenters. The molecule has 3 rings (SSSR count). The number of carbonyl (C=O) groups excluding carboxylic acids is 2. The molecule has 1 fully saturated rings. The van der Waals surface area contributed by atoms with Gasteiger partial charge in [0.1, 0.15) is 0 Å². The van der Waals surface area contributed by atoms with Gasteiger partial charge in [0.05, 0.1) is 6.54 Å². The van der Waals surface area contributed by atoms with Crippen LogP contribution >= 0.6 is 0 Å². The Hall–Kier alpha value is -2.93. The number of rotatable bonds is 6. The van der Waals surface area contributed by atoms with Crippen LogP contribution in [0.4, 0.5) is 0 Å². The summed E-state index contributed by atoms with van der Waals surface area (Å²) in [5.41, 5.74) is 1.19. The molecule has 1 aliphatic rings. The molecule has 7 nitrogen and oxygen atoms in total. The van der Waals surface area contributed by atoms with Crippen molar-refractivity contribution < 1.29 is 14.1 Å². The highest BCUT2D eigenvalue weighted by molar-refractivity contribution is 5.93. The Bertz CT molecular complexity index is 764. The molecule has 1 aromatic heterocycles. The number of amides is 2. The Morgan fingerprint density at radius 1 is 1.19 bits per heavy atom. The Kier molecular flexibility index (Phi) is 5.80. The van der Waals surface area contributed by atoms with Gasteiger partial charge in [-0.05, 0) is 0 Å². The van der Waals surface area contributed by atoms with Crippen LogP contribution in [-0.4, -0.2) is 66.0 Å². The highest BCUT2D eigenvalue weighted by Gasteiger charge is 2.25. The molecule has 1 saturated heterocycles. The van der Waals surface area contributed by atoms with E-state index in [4.69, 9.17) is 4.52 Å². The fourth-order valence-electron chi connectivity index (χ4n) is 2.83. The maximum Gasteiger partial charge on any atom is 0.276 e. The minimum absolute atomic E-state index is 0.0336. The highest BCUT2D eigenvalue weighted by Crippen LogP contribution is 2.20. The van der Waals surface area contributed by atoms with Gasteiger partial charge in [0.15, 0.2) is 11.5 Å². The van der Waals surface area contributed by atoms with Gasteiger partial charge >= 0.3 is 0 Å². The zero-order valence-corrected chi connectivity index (χ0v) is 14.6. The zero-order chi connectivity index (χ0) is 18.4. The quantitative estimate of drug-likeness (QED) is 0.794. The maximum absolute atomic E-state index is 12.6. The molecular weight excluding hydrogens is 332 g/mol. The van der Waals surface area contributed by atoms with Crippen LogP contribution in [0.3, 0.4) is 0 Å². The molecule has 1 N–H and O–H groups in total. The number of benzene rings is 1. The number of hydrogen-bond donors (Lipinski definition) is 1. The number of aromatic nitrogens is 1. The smallest absolute Gasteiger partial charge is 0.276 e. The second kappa shape index (κ2) is 8.44. The van der Waals surface area contributed by atoms with Crippen molar-refractivity contribution in [1.29, 1.82) is 0 Å². The first-order valence-corrected chi connectivity index (χ1v) is 8.58. The Morgan fingerprint density at radius 2 is 1.92 bits per heavy atom. The SMILES string of the molecule is C=CCNC(=O)CN1CCN(C(=O)c2cc(-c3ccccc3)on2)CC1. The zero-order valence-electron chi connectivity index (χ0n) is 14.6. The Labute approximate surface area is 152 Å². The summed E-state index contributed by atoms with van der Waals surface area (Å²) < 4.78 is 5.31. The van der Waals surface area contributed by atoms with Crippen LogP contribution in [-0.2, 0) is 4.79 Å². The first-order chi connectivity index (χ1) is 12.7. The lowest BCUT2D eigenvalue weighted by Gasteiger charge is -2.33. The summed E-state index contributed by atoms with van der Waals surface area (Å²) >= 11 is 0. The van der Waals surface area contributed by atoms with E-state index >= 15 is 0 Å². The van der Waals surface area contributed by atoms with E-state index in [1.165, 1.54) is 0 Å². The molecule has 0 spiro atoms. The largest absolute Gasteiger partial charge is 0.355 e. The van der Waals surface area contributed by atoms with Crippen molar-refractivity contribution in [2.75, 3.05) is 39.3 Å². The minimum atomic E-state index is -0.147. The standard InChI is InChI=1S/C19H22N4O3/c1-2-8-20-18(24)14-22-9-11-23(12-10-22)19(25)16-13-17(26-21-16)15-6-4-3-5-7-15/h2-7,13H,1,8-12,14H2,(H,20,24). The Balaban J connectivity index is 1.53. The molecule has 136 valence electrons. The van der Waals surface area contributed by atoms with Crippen LogP contribution in [0, 0.1) is 0 Å². The molecule has 0 atom stereocenters. The van der Waals surface area contributed by atoms with E-state index < -0.39 is 0 Å². The number of piperazine rings is 1. The monoisotopic (exact) mass is 354 g/mol. The second-order valence-corrected chi connectivity index (χ2v) is 6.10. The number of nitrogens with zero attached hydrogens (tertiary/aromatic N) is 3. The average molecular weight is 354 g/mol. The predicted octanol–water partition coefficient (Wildman–Crippen LogP) is 1.40. The van der Waals surface area contributed by atoms with Gasteiger partial charge in [0, 0.05) is 44.4 Å². The topological polar surface area (TPSA) is 78.7 Å². The highest BCUT2D eigenvalue weighted by atomic mass is 16.5. The van der Waals surface area contributed by atoms with Gasteiger partial charge < -0.3 is 14.7 Å². The van der Waals surface area contributed by atoms with Crippen LogP contribution < -0.4 is 5.32 Å². The molecule has 0 bridgehead atoms. The van der Waals surface area contributed by atoms with E-state index in [1.54, 1.807) is 17.0 Å². The molecule has 2 amide bonds. The molecule has 1 aliphatic heterocycles. The summed E-state index contributed by atoms with van der Waals surface area (Å²) in [6.45, 7) is 6.78. The van der Waals surface area contributed by atoms with E-state index in [0.717, 1.165) is 5.56 Å². The molecule has 26 heavy (non-hydrogen) atoms. The van der Waals surface area contributed by atoms with Gasteiger partial charge in [-0.1, -0.05) is 41.6 Å². The first kappa shape index (κ1) is 17.9. The summed E-state index contributed by atoms with van der Waals surface area (Å²) in [6.07, 6.45) is 1.65. The van der Waals surface area contributed by atoms with Crippen LogP contribution in [0.5, 0.6) is 0 Å². The van der Waals surface area contributed by atoms with E-state index in [2.05, 4.69) is 17.1 Å². The molecule has 0 radical (unpaired) electrons. The molecule has 2 aromatic rings. The van der Waals surface area contributed by atoms with Crippen LogP contribution in [0.15, 0.2) is 53.6 Å². The van der Waals surface area contributed by atoms with Gasteiger partial charge in [-0.15, -0.1) is 6.58 Å². The lowest BCUT2D eigenvalue weighted by atomic mass is 10.1. The van der Waals surface area contributed by atoms with Crippen LogP contribution in [0.1, 0.15) is 10.5 Å². The molecule has 0 saturated carbocycles. The minimum Gasteiger partial charge on any atom is -0.355 e. The van der Waals surface area contributed by atoms with Gasteiger partial charge in [-0.2, -0.15) is 0 Å². The van der Waals surface area contributed by atoms with Gasteiger partial charge in [-0.3, -0.25) is 14.5 Å². The summed E-state index contributed by atoms with van der Waals surface area (Å²) in [7, 11) is 0. The summed E-state index contributed by atoms with van der Waals surface area (Å²) in [5.74, 6) is 0.395. The molecule has 2 heterocycles. The van der Waals surface area contributed by atoms with Gasteiger partial charge in [0.2, 0.25) is 5.91 Å². The van der Waals surface area contributed by atoms with Crippen molar-refractivity contribution in [2.45, 2.75) is 0 Å². The second-order valence-electron chi connectivity index (χ2n) is 6.10. The fraction of sp³-hybridized carbons (Fsp3) is 0.316. The summed E-state index contributed by atoms with van der Waals surface area (Å²) in [4.78, 5) is 28.1. The lowest BCUT2D eigenvalue weighted by molar-refractivity contribution is -0.122. The molecule has 1 aromatic carbocycles. The van der Waals surface area contributed by atoms with Crippen molar-refractivity contribution in [2.24, 2.45) is 0 Å². The van der Waals surface area contributed by atoms with E-state index in [0.29, 0.717) is 50.7 Å². The summed E-state index contributed by atoms with van der Waals surface area (Å²) in [6, 6.07) is 11.2. The Morgan fingerprint density at radius 3 is 2.62 bits per heavy atom. The van der Waals surface area contributed by atoms with Crippen molar-refractivity contribution >= 4 is 11.8 Å². The van der Waals surface area contributed by atoms with Crippen LogP contribution in [0.25, 0.3) is 11.3 Å². The van der Waals surface area contributed by atoms with Crippen molar-refractivity contribution in [1.82, 2.24) is 20.3 Å². The third-order valence-electron chi connectivity index (χ3n) is 4.26. The first-order valence-electron chi connectivity index (χ1n) is 8.58. The fourth-order valence-corrected chi connectivity index (χ4v) is 2.83. The number of carbonyl (C=O) groups is 2. The average Bonchev–Trinajstić information content (AvgIpc) is 3.17. The van der Waals surface area contributed by atoms with Gasteiger partial charge in [0.25, 0.3) is 5.91 Å². The van der Waals surface area contributed by atoms with E-state index in [9.17, 15) is 9.59 Å². The normalized spacial score (nSPS) is 14.8. The van der Waals surface area contributed by atoms with E-state index in [-0.39, 0.29) is 11.8 Å². The molecular formula is C19H22N4O3. The third kappa shape index (κ3) is 4.37. The van der Waals surface area contributed by atoms with Crippen molar-refractivity contribution in [3.05, 3.63) is 54.7 Å². The van der Waals surface area contributed by atoms with E-state index in [1.807, 2.05) is 35.2 Å². The molecule has 7 heteroatoms. The third-order valence-corrected chi connectivity index (χ3v) is 4.26. The summed E-state index contributed by atoms with van der Waals surface area (Å²) in [5, 5.41) is 6.67. The van der Waals surface area contributed by atoms with Crippen molar-refractivity contribution in [3.8, 4) is 11.3 Å². The number of hydrogen-bond acceptors (Lipinski definition) is 5. The predicted molar refractivity (Wildman–Crippen MR) is 97.5 cm³/mol. The van der Waals surface area contributed by atoms with Gasteiger partial charge in [-0.25, -0.2) is 0 Å². The van der Waals surface area contributed by atoms with Crippen LogP contribution in [0.2, 0.25) is 0 Å².